The van der Waals surface area contributed by atoms with E-state index in [1.165, 1.54) is 15.3 Å². The number of fused-ring (bicyclic) bond motifs is 1. The highest BCUT2D eigenvalue weighted by atomic mass is 32.2. The predicted octanol–water partition coefficient (Wildman–Crippen LogP) is 2.13. The van der Waals surface area contributed by atoms with Gasteiger partial charge in [-0.1, -0.05) is 11.6 Å². The Morgan fingerprint density at radius 3 is 2.72 bits per heavy atom. The minimum Gasteiger partial charge on any atom is -0.358 e. The fourth-order valence-corrected chi connectivity index (χ4v) is 4.75. The zero-order chi connectivity index (χ0) is 18.4. The lowest BCUT2D eigenvalue weighted by atomic mass is 10.0. The standard InChI is InChI=1S/C18H25N3O3S/c1-11-8-14(17-15(9-11)12(2)13(3)20-17)10-19-18(22)16-6-5-7-21(16)25(4,23)24/h8-9,16,20H,5-7,10H2,1-4H3,(H,19,22)/t16-/m0/s1. The summed E-state index contributed by atoms with van der Waals surface area (Å²) in [5, 5.41) is 4.09. The first kappa shape index (κ1) is 17.9. The number of sulfonamides is 1. The van der Waals surface area contributed by atoms with Crippen LogP contribution in [0.2, 0.25) is 0 Å². The number of nitrogens with one attached hydrogen (secondary N) is 2. The molecule has 1 aliphatic rings. The van der Waals surface area contributed by atoms with E-state index in [0.717, 1.165) is 35.0 Å². The number of aryl methyl sites for hydroxylation is 3. The van der Waals surface area contributed by atoms with E-state index < -0.39 is 16.1 Å². The molecule has 0 radical (unpaired) electrons. The second-order valence-electron chi connectivity index (χ2n) is 6.97. The maximum Gasteiger partial charge on any atom is 0.238 e. The summed E-state index contributed by atoms with van der Waals surface area (Å²) in [5.41, 5.74) is 5.52. The third kappa shape index (κ3) is 3.43. The smallest absolute Gasteiger partial charge is 0.238 e. The summed E-state index contributed by atoms with van der Waals surface area (Å²) in [7, 11) is -3.36. The van der Waals surface area contributed by atoms with Gasteiger partial charge < -0.3 is 10.3 Å². The Morgan fingerprint density at radius 2 is 2.04 bits per heavy atom. The maximum absolute atomic E-state index is 12.5. The van der Waals surface area contributed by atoms with Gasteiger partial charge in [-0.2, -0.15) is 4.31 Å². The van der Waals surface area contributed by atoms with Crippen molar-refractivity contribution in [3.8, 4) is 0 Å². The Balaban J connectivity index is 1.81. The van der Waals surface area contributed by atoms with E-state index in [-0.39, 0.29) is 5.91 Å². The van der Waals surface area contributed by atoms with E-state index in [0.29, 0.717) is 19.5 Å². The van der Waals surface area contributed by atoms with Crippen molar-refractivity contribution in [1.82, 2.24) is 14.6 Å². The topological polar surface area (TPSA) is 82.3 Å². The molecule has 1 amide bonds. The van der Waals surface area contributed by atoms with Gasteiger partial charge in [-0.3, -0.25) is 4.79 Å². The molecule has 6 nitrogen and oxygen atoms in total. The van der Waals surface area contributed by atoms with Crippen molar-refractivity contribution >= 4 is 26.8 Å². The van der Waals surface area contributed by atoms with Gasteiger partial charge in [0.05, 0.1) is 11.8 Å². The van der Waals surface area contributed by atoms with Crippen molar-refractivity contribution in [2.45, 2.75) is 46.2 Å². The molecule has 0 aliphatic carbocycles. The monoisotopic (exact) mass is 363 g/mol. The Hall–Kier alpha value is -1.86. The molecule has 2 aromatic rings. The largest absolute Gasteiger partial charge is 0.358 e. The van der Waals surface area contributed by atoms with Crippen LogP contribution in [0.4, 0.5) is 0 Å². The van der Waals surface area contributed by atoms with Crippen LogP contribution in [0.15, 0.2) is 12.1 Å². The van der Waals surface area contributed by atoms with Crippen LogP contribution in [0.3, 0.4) is 0 Å². The minimum absolute atomic E-state index is 0.224. The van der Waals surface area contributed by atoms with Crippen LogP contribution < -0.4 is 5.32 Å². The van der Waals surface area contributed by atoms with Crippen molar-refractivity contribution in [3.63, 3.8) is 0 Å². The number of hydrogen-bond acceptors (Lipinski definition) is 3. The molecule has 7 heteroatoms. The third-order valence-corrected chi connectivity index (χ3v) is 6.32. The van der Waals surface area contributed by atoms with Gasteiger partial charge in [0.1, 0.15) is 6.04 Å². The van der Waals surface area contributed by atoms with Gasteiger partial charge in [0.2, 0.25) is 15.9 Å². The average Bonchev–Trinajstić information content (AvgIpc) is 3.12. The minimum atomic E-state index is -3.36. The first-order valence-electron chi connectivity index (χ1n) is 8.51. The molecule has 0 spiro atoms. The van der Waals surface area contributed by atoms with E-state index in [1.807, 2.05) is 13.8 Å². The Bertz CT molecular complexity index is 931. The predicted molar refractivity (Wildman–Crippen MR) is 98.9 cm³/mol. The first-order chi connectivity index (χ1) is 11.7. The summed E-state index contributed by atoms with van der Waals surface area (Å²) >= 11 is 0. The third-order valence-electron chi connectivity index (χ3n) is 5.03. The summed E-state index contributed by atoms with van der Waals surface area (Å²) in [6.07, 6.45) is 2.45. The number of aromatic amines is 1. The summed E-state index contributed by atoms with van der Waals surface area (Å²) in [6.45, 7) is 6.95. The van der Waals surface area contributed by atoms with Crippen LogP contribution in [0, 0.1) is 20.8 Å². The molecule has 25 heavy (non-hydrogen) atoms. The van der Waals surface area contributed by atoms with E-state index in [9.17, 15) is 13.2 Å². The Kier molecular flexibility index (Phi) is 4.64. The average molecular weight is 363 g/mol. The van der Waals surface area contributed by atoms with Crippen molar-refractivity contribution in [2.75, 3.05) is 12.8 Å². The van der Waals surface area contributed by atoms with E-state index >= 15 is 0 Å². The number of carbonyl (C=O) groups is 1. The second-order valence-corrected chi connectivity index (χ2v) is 8.91. The Morgan fingerprint density at radius 1 is 1.32 bits per heavy atom. The van der Waals surface area contributed by atoms with Crippen molar-refractivity contribution in [2.24, 2.45) is 0 Å². The SMILES string of the molecule is Cc1cc(CNC(=O)[C@@H]2CCCN2S(C)(=O)=O)c2[nH]c(C)c(C)c2c1. The van der Waals surface area contributed by atoms with Crippen LogP contribution in [-0.2, 0) is 21.4 Å². The number of carbonyl (C=O) groups excluding carboxylic acids is 1. The van der Waals surface area contributed by atoms with Gasteiger partial charge in [0.25, 0.3) is 0 Å². The molecule has 3 rings (SSSR count). The molecule has 0 bridgehead atoms. The van der Waals surface area contributed by atoms with Crippen molar-refractivity contribution < 1.29 is 13.2 Å². The van der Waals surface area contributed by atoms with Crippen LogP contribution in [-0.4, -0.2) is 42.5 Å². The lowest BCUT2D eigenvalue weighted by molar-refractivity contribution is -0.124. The number of benzene rings is 1. The van der Waals surface area contributed by atoms with E-state index in [2.05, 4.69) is 29.4 Å². The second kappa shape index (κ2) is 6.46. The molecule has 2 heterocycles. The number of hydrogen-bond donors (Lipinski definition) is 2. The van der Waals surface area contributed by atoms with Gasteiger partial charge in [0.15, 0.2) is 0 Å². The normalized spacial score (nSPS) is 18.8. The molecule has 1 saturated heterocycles. The summed E-state index contributed by atoms with van der Waals surface area (Å²) in [6, 6.07) is 3.60. The molecule has 136 valence electrons. The molecule has 0 saturated carbocycles. The lowest BCUT2D eigenvalue weighted by Crippen LogP contribution is -2.45. The molecule has 1 aromatic heterocycles. The Labute approximate surface area is 148 Å². The molecular formula is C18H25N3O3S. The number of amides is 1. The molecule has 1 atom stereocenters. The molecular weight excluding hydrogens is 338 g/mol. The maximum atomic E-state index is 12.5. The van der Waals surface area contributed by atoms with Crippen LogP contribution in [0.25, 0.3) is 10.9 Å². The van der Waals surface area contributed by atoms with Crippen molar-refractivity contribution in [3.05, 3.63) is 34.5 Å². The number of nitrogens with zero attached hydrogens (tertiary/aromatic N) is 1. The van der Waals surface area contributed by atoms with Gasteiger partial charge >= 0.3 is 0 Å². The molecule has 1 fully saturated rings. The summed E-state index contributed by atoms with van der Waals surface area (Å²) in [4.78, 5) is 15.9. The highest BCUT2D eigenvalue weighted by molar-refractivity contribution is 7.88. The van der Waals surface area contributed by atoms with Crippen LogP contribution >= 0.6 is 0 Å². The van der Waals surface area contributed by atoms with Crippen LogP contribution in [0.1, 0.15) is 35.2 Å². The fraction of sp³-hybridized carbons (Fsp3) is 0.500. The fourth-order valence-electron chi connectivity index (χ4n) is 3.63. The first-order valence-corrected chi connectivity index (χ1v) is 10.4. The molecule has 0 unspecified atom stereocenters. The zero-order valence-electron chi connectivity index (χ0n) is 15.1. The summed E-state index contributed by atoms with van der Waals surface area (Å²) < 4.78 is 24.9. The quantitative estimate of drug-likeness (QED) is 0.873. The molecule has 1 aromatic carbocycles. The lowest BCUT2D eigenvalue weighted by Gasteiger charge is -2.21. The number of H-pyrrole nitrogens is 1. The van der Waals surface area contributed by atoms with E-state index in [1.54, 1.807) is 0 Å². The summed E-state index contributed by atoms with van der Waals surface area (Å²) in [5.74, 6) is -0.224. The van der Waals surface area contributed by atoms with Gasteiger partial charge in [-0.05, 0) is 50.8 Å². The highest BCUT2D eigenvalue weighted by Gasteiger charge is 2.36. The molecule has 2 N–H and O–H groups in total. The van der Waals surface area contributed by atoms with Gasteiger partial charge in [-0.15, -0.1) is 0 Å². The number of aromatic nitrogens is 1. The number of rotatable bonds is 4. The van der Waals surface area contributed by atoms with Gasteiger partial charge in [0, 0.05) is 24.2 Å². The van der Waals surface area contributed by atoms with Gasteiger partial charge in [-0.25, -0.2) is 8.42 Å². The van der Waals surface area contributed by atoms with E-state index in [4.69, 9.17) is 0 Å². The highest BCUT2D eigenvalue weighted by Crippen LogP contribution is 2.26. The zero-order valence-corrected chi connectivity index (χ0v) is 16.0. The molecule has 1 aliphatic heterocycles. The van der Waals surface area contributed by atoms with Crippen molar-refractivity contribution in [1.29, 1.82) is 0 Å². The van der Waals surface area contributed by atoms with Crippen LogP contribution in [0.5, 0.6) is 0 Å².